The number of ether oxygens (including phenoxy) is 1. The summed E-state index contributed by atoms with van der Waals surface area (Å²) in [6, 6.07) is 0.665. The lowest BCUT2D eigenvalue weighted by molar-refractivity contribution is 0.120. The van der Waals surface area contributed by atoms with Crippen LogP contribution in [0.1, 0.15) is 45.4 Å². The summed E-state index contributed by atoms with van der Waals surface area (Å²) in [6.07, 6.45) is 7.93. The second-order valence-electron chi connectivity index (χ2n) is 5.42. The van der Waals surface area contributed by atoms with E-state index in [0.717, 1.165) is 5.92 Å². The predicted molar refractivity (Wildman–Crippen MR) is 64.4 cm³/mol. The van der Waals surface area contributed by atoms with Gasteiger partial charge in [-0.15, -0.1) is 0 Å². The van der Waals surface area contributed by atoms with Crippen LogP contribution in [-0.4, -0.2) is 36.5 Å². The highest BCUT2D eigenvalue weighted by Gasteiger charge is 2.29. The number of rotatable bonds is 3. The highest BCUT2D eigenvalue weighted by Crippen LogP contribution is 2.26. The first kappa shape index (κ1) is 12.3. The Morgan fingerprint density at radius 3 is 2.38 bits per heavy atom. The van der Waals surface area contributed by atoms with Crippen LogP contribution < -0.4 is 5.32 Å². The maximum atomic E-state index is 9.70. The lowest BCUT2D eigenvalue weighted by Crippen LogP contribution is -2.46. The minimum Gasteiger partial charge on any atom is -0.389 e. The number of hydrogen-bond acceptors (Lipinski definition) is 3. The smallest absolute Gasteiger partial charge is 0.0948 e. The van der Waals surface area contributed by atoms with Crippen molar-refractivity contribution in [2.24, 2.45) is 5.92 Å². The van der Waals surface area contributed by atoms with E-state index in [1.54, 1.807) is 0 Å². The van der Waals surface area contributed by atoms with Gasteiger partial charge in [-0.1, -0.05) is 25.7 Å². The van der Waals surface area contributed by atoms with Gasteiger partial charge in [-0.2, -0.15) is 0 Å². The average Bonchev–Trinajstić information content (AvgIpc) is 2.57. The van der Waals surface area contributed by atoms with Crippen molar-refractivity contribution in [2.45, 2.75) is 63.6 Å². The lowest BCUT2D eigenvalue weighted by atomic mass is 9.92. The van der Waals surface area contributed by atoms with E-state index in [2.05, 4.69) is 12.2 Å². The van der Waals surface area contributed by atoms with Crippen LogP contribution >= 0.6 is 0 Å². The quantitative estimate of drug-likeness (QED) is 0.721. The minimum atomic E-state index is -0.312. The van der Waals surface area contributed by atoms with Crippen LogP contribution in [0.15, 0.2) is 0 Å². The highest BCUT2D eigenvalue weighted by molar-refractivity contribution is 4.85. The zero-order chi connectivity index (χ0) is 11.4. The molecule has 3 nitrogen and oxygen atoms in total. The first-order valence-corrected chi connectivity index (χ1v) is 6.79. The molecule has 1 aliphatic carbocycles. The Labute approximate surface area is 98.6 Å². The van der Waals surface area contributed by atoms with Crippen LogP contribution in [-0.2, 0) is 4.74 Å². The average molecular weight is 227 g/mol. The molecule has 0 aromatic rings. The molecule has 2 rings (SSSR count). The van der Waals surface area contributed by atoms with Crippen molar-refractivity contribution in [3.8, 4) is 0 Å². The zero-order valence-electron chi connectivity index (χ0n) is 10.3. The Morgan fingerprint density at radius 1 is 1.12 bits per heavy atom. The van der Waals surface area contributed by atoms with Crippen LogP contribution in [0.25, 0.3) is 0 Å². The van der Waals surface area contributed by atoms with Gasteiger partial charge in [0.1, 0.15) is 0 Å². The molecule has 1 saturated heterocycles. The number of aliphatic hydroxyl groups excluding tert-OH is 1. The van der Waals surface area contributed by atoms with Gasteiger partial charge in [0.25, 0.3) is 0 Å². The van der Waals surface area contributed by atoms with Gasteiger partial charge < -0.3 is 15.2 Å². The Hall–Kier alpha value is -0.120. The molecule has 16 heavy (non-hydrogen) atoms. The van der Waals surface area contributed by atoms with Crippen molar-refractivity contribution in [3.05, 3.63) is 0 Å². The maximum absolute atomic E-state index is 9.70. The van der Waals surface area contributed by atoms with Crippen molar-refractivity contribution >= 4 is 0 Å². The Bertz CT molecular complexity index is 202. The van der Waals surface area contributed by atoms with Crippen LogP contribution in [0, 0.1) is 5.92 Å². The summed E-state index contributed by atoms with van der Waals surface area (Å²) in [7, 11) is 0. The largest absolute Gasteiger partial charge is 0.389 e. The van der Waals surface area contributed by atoms with Crippen molar-refractivity contribution in [1.82, 2.24) is 5.32 Å². The first-order valence-electron chi connectivity index (χ1n) is 6.79. The molecule has 3 atom stereocenters. The lowest BCUT2D eigenvalue weighted by Gasteiger charge is -2.27. The van der Waals surface area contributed by atoms with Gasteiger partial charge in [-0.3, -0.25) is 0 Å². The number of nitrogens with one attached hydrogen (secondary N) is 1. The number of hydrogen-bond donors (Lipinski definition) is 2. The molecule has 0 aromatic carbocycles. The summed E-state index contributed by atoms with van der Waals surface area (Å²) in [4.78, 5) is 0. The fraction of sp³-hybridized carbons (Fsp3) is 1.00. The van der Waals surface area contributed by atoms with Gasteiger partial charge >= 0.3 is 0 Å². The fourth-order valence-corrected chi connectivity index (χ4v) is 2.99. The summed E-state index contributed by atoms with van der Waals surface area (Å²) in [6.45, 7) is 3.42. The van der Waals surface area contributed by atoms with E-state index in [4.69, 9.17) is 4.74 Å². The van der Waals surface area contributed by atoms with E-state index >= 15 is 0 Å². The summed E-state index contributed by atoms with van der Waals surface area (Å²) >= 11 is 0. The summed E-state index contributed by atoms with van der Waals surface area (Å²) < 4.78 is 5.27. The van der Waals surface area contributed by atoms with Gasteiger partial charge in [-0.05, 0) is 25.7 Å². The molecule has 0 spiro atoms. The Morgan fingerprint density at radius 2 is 1.81 bits per heavy atom. The molecule has 1 heterocycles. The fourth-order valence-electron chi connectivity index (χ4n) is 2.99. The molecule has 2 fully saturated rings. The van der Waals surface area contributed by atoms with E-state index in [0.29, 0.717) is 19.3 Å². The van der Waals surface area contributed by atoms with Crippen LogP contribution in [0.3, 0.4) is 0 Å². The van der Waals surface area contributed by atoms with Gasteiger partial charge in [-0.25, -0.2) is 0 Å². The molecule has 0 radical (unpaired) electrons. The minimum absolute atomic E-state index is 0.151. The van der Waals surface area contributed by atoms with E-state index < -0.39 is 0 Å². The molecular formula is C13H25NO2. The van der Waals surface area contributed by atoms with E-state index in [1.165, 1.54) is 38.5 Å². The Balaban J connectivity index is 1.79. The SMILES string of the molecule is C[C@@H](NC1COCC1O)C1CCCCCC1. The van der Waals surface area contributed by atoms with E-state index in [-0.39, 0.29) is 12.1 Å². The van der Waals surface area contributed by atoms with Crippen LogP contribution in [0.5, 0.6) is 0 Å². The molecule has 2 aliphatic rings. The summed E-state index contributed by atoms with van der Waals surface area (Å²) in [5.74, 6) is 0.787. The van der Waals surface area contributed by atoms with Crippen molar-refractivity contribution in [1.29, 1.82) is 0 Å². The van der Waals surface area contributed by atoms with Gasteiger partial charge in [0.2, 0.25) is 0 Å². The molecular weight excluding hydrogens is 202 g/mol. The maximum Gasteiger partial charge on any atom is 0.0948 e. The molecule has 2 unspecified atom stereocenters. The van der Waals surface area contributed by atoms with Gasteiger partial charge in [0.05, 0.1) is 25.4 Å². The topological polar surface area (TPSA) is 41.5 Å². The molecule has 3 heteroatoms. The van der Waals surface area contributed by atoms with E-state index in [9.17, 15) is 5.11 Å². The number of aliphatic hydroxyl groups is 1. The van der Waals surface area contributed by atoms with Crippen LogP contribution in [0.4, 0.5) is 0 Å². The normalized spacial score (nSPS) is 34.9. The monoisotopic (exact) mass is 227 g/mol. The highest BCUT2D eigenvalue weighted by atomic mass is 16.5. The summed E-state index contributed by atoms with van der Waals surface area (Å²) in [5, 5.41) is 13.3. The molecule has 0 bridgehead atoms. The first-order chi connectivity index (χ1) is 7.77. The predicted octanol–water partition coefficient (Wildman–Crippen LogP) is 1.69. The molecule has 1 saturated carbocycles. The molecule has 0 aromatic heterocycles. The van der Waals surface area contributed by atoms with Crippen molar-refractivity contribution < 1.29 is 9.84 Å². The second-order valence-corrected chi connectivity index (χ2v) is 5.42. The third-order valence-electron chi connectivity index (χ3n) is 4.13. The van der Waals surface area contributed by atoms with Crippen molar-refractivity contribution in [3.63, 3.8) is 0 Å². The van der Waals surface area contributed by atoms with Gasteiger partial charge in [0, 0.05) is 6.04 Å². The third-order valence-corrected chi connectivity index (χ3v) is 4.13. The van der Waals surface area contributed by atoms with Crippen LogP contribution in [0.2, 0.25) is 0 Å². The molecule has 1 aliphatic heterocycles. The summed E-state index contributed by atoms with van der Waals surface area (Å²) in [5.41, 5.74) is 0. The molecule has 94 valence electrons. The standard InChI is InChI=1S/C13H25NO2/c1-10(11-6-4-2-3-5-7-11)14-12-8-16-9-13(12)15/h10-15H,2-9H2,1H3/t10-,12?,13?/m1/s1. The second kappa shape index (κ2) is 5.99. The Kier molecular flexibility index (Phi) is 4.62. The van der Waals surface area contributed by atoms with E-state index in [1.807, 2.05) is 0 Å². The molecule has 0 amide bonds. The third kappa shape index (κ3) is 3.19. The van der Waals surface area contributed by atoms with Crippen molar-refractivity contribution in [2.75, 3.05) is 13.2 Å². The zero-order valence-corrected chi connectivity index (χ0v) is 10.3. The van der Waals surface area contributed by atoms with Gasteiger partial charge in [0.15, 0.2) is 0 Å². The molecule has 2 N–H and O–H groups in total.